The van der Waals surface area contributed by atoms with Gasteiger partial charge in [-0.25, -0.2) is 0 Å². The van der Waals surface area contributed by atoms with E-state index in [1.165, 1.54) is 5.56 Å². The molecule has 1 aromatic heterocycles. The van der Waals surface area contributed by atoms with Crippen LogP contribution in [0.5, 0.6) is 5.75 Å². The number of nitrogens with one attached hydrogen (secondary N) is 1. The predicted octanol–water partition coefficient (Wildman–Crippen LogP) is 3.47. The molecule has 0 aliphatic heterocycles. The van der Waals surface area contributed by atoms with Gasteiger partial charge in [-0.15, -0.1) is 0 Å². The zero-order valence-electron chi connectivity index (χ0n) is 11.8. The molecule has 0 saturated heterocycles. The van der Waals surface area contributed by atoms with Crippen LogP contribution in [0.1, 0.15) is 31.9 Å². The summed E-state index contributed by atoms with van der Waals surface area (Å²) in [5, 5.41) is 7.76. The molecule has 1 aromatic carbocycles. The molecule has 0 bridgehead atoms. The van der Waals surface area contributed by atoms with Crippen molar-refractivity contribution in [3.8, 4) is 5.75 Å². The first kappa shape index (κ1) is 13.5. The Morgan fingerprint density at radius 3 is 2.68 bits per heavy atom. The van der Waals surface area contributed by atoms with E-state index in [0.717, 1.165) is 24.4 Å². The second kappa shape index (κ2) is 6.27. The van der Waals surface area contributed by atoms with E-state index in [9.17, 15) is 0 Å². The summed E-state index contributed by atoms with van der Waals surface area (Å²) in [5.41, 5.74) is 2.28. The average molecular weight is 259 g/mol. The first-order valence-corrected chi connectivity index (χ1v) is 6.66. The molecule has 0 radical (unpaired) electrons. The van der Waals surface area contributed by atoms with Crippen molar-refractivity contribution in [3.63, 3.8) is 0 Å². The molecule has 1 heterocycles. The van der Waals surface area contributed by atoms with Gasteiger partial charge in [0.2, 0.25) is 0 Å². The van der Waals surface area contributed by atoms with Crippen LogP contribution in [0.2, 0.25) is 0 Å². The summed E-state index contributed by atoms with van der Waals surface area (Å²) < 4.78 is 7.13. The van der Waals surface area contributed by atoms with Crippen LogP contribution in [-0.2, 0) is 6.54 Å². The Balaban J connectivity index is 2.00. The van der Waals surface area contributed by atoms with Gasteiger partial charge < -0.3 is 10.1 Å². The second-order valence-corrected chi connectivity index (χ2v) is 4.63. The normalized spacial score (nSPS) is 12.2. The van der Waals surface area contributed by atoms with Gasteiger partial charge in [-0.1, -0.05) is 19.1 Å². The van der Waals surface area contributed by atoms with Crippen LogP contribution in [0.3, 0.4) is 0 Å². The standard InChI is InChI=1S/C15H21N3O/c1-4-9-18-11-14(10-16-18)17-12(2)13-5-7-15(19-3)8-6-13/h5-8,10-12,17H,4,9H2,1-3H3/t12-/m0/s1. The molecule has 0 spiro atoms. The number of methoxy groups -OCH3 is 1. The van der Waals surface area contributed by atoms with Crippen molar-refractivity contribution in [2.24, 2.45) is 0 Å². The Labute approximate surface area is 114 Å². The molecule has 0 unspecified atom stereocenters. The average Bonchev–Trinajstić information content (AvgIpc) is 2.86. The third-order valence-corrected chi connectivity index (χ3v) is 3.08. The summed E-state index contributed by atoms with van der Waals surface area (Å²) in [7, 11) is 1.68. The highest BCUT2D eigenvalue weighted by atomic mass is 16.5. The van der Waals surface area contributed by atoms with Crippen molar-refractivity contribution < 1.29 is 4.74 Å². The molecule has 102 valence electrons. The number of hydrogen-bond acceptors (Lipinski definition) is 3. The van der Waals surface area contributed by atoms with Crippen molar-refractivity contribution in [1.82, 2.24) is 9.78 Å². The van der Waals surface area contributed by atoms with Gasteiger partial charge in [0.25, 0.3) is 0 Å². The lowest BCUT2D eigenvalue weighted by molar-refractivity contribution is 0.414. The van der Waals surface area contributed by atoms with Crippen molar-refractivity contribution >= 4 is 5.69 Å². The van der Waals surface area contributed by atoms with Crippen LogP contribution < -0.4 is 10.1 Å². The lowest BCUT2D eigenvalue weighted by Gasteiger charge is -2.14. The number of benzene rings is 1. The van der Waals surface area contributed by atoms with Crippen LogP contribution in [-0.4, -0.2) is 16.9 Å². The van der Waals surface area contributed by atoms with E-state index >= 15 is 0 Å². The minimum absolute atomic E-state index is 0.241. The zero-order valence-corrected chi connectivity index (χ0v) is 11.8. The van der Waals surface area contributed by atoms with Gasteiger partial charge in [-0.05, 0) is 31.0 Å². The second-order valence-electron chi connectivity index (χ2n) is 4.63. The molecule has 0 saturated carbocycles. The van der Waals surface area contributed by atoms with E-state index < -0.39 is 0 Å². The fraction of sp³-hybridized carbons (Fsp3) is 0.400. The van der Waals surface area contributed by atoms with Crippen molar-refractivity contribution in [2.45, 2.75) is 32.9 Å². The number of rotatable bonds is 6. The number of hydrogen-bond donors (Lipinski definition) is 1. The van der Waals surface area contributed by atoms with E-state index in [1.54, 1.807) is 7.11 Å². The number of ether oxygens (including phenoxy) is 1. The summed E-state index contributed by atoms with van der Waals surface area (Å²) in [6.45, 7) is 5.24. The van der Waals surface area contributed by atoms with E-state index in [0.29, 0.717) is 0 Å². The number of aromatic nitrogens is 2. The molecule has 19 heavy (non-hydrogen) atoms. The Bertz CT molecular complexity index is 504. The summed E-state index contributed by atoms with van der Waals surface area (Å²) in [5.74, 6) is 0.881. The third kappa shape index (κ3) is 3.50. The minimum Gasteiger partial charge on any atom is -0.497 e. The lowest BCUT2D eigenvalue weighted by Crippen LogP contribution is -2.06. The molecular formula is C15H21N3O. The number of nitrogens with zero attached hydrogens (tertiary/aromatic N) is 2. The van der Waals surface area contributed by atoms with Gasteiger partial charge in [-0.3, -0.25) is 4.68 Å². The number of anilines is 1. The molecule has 1 N–H and O–H groups in total. The molecule has 0 fully saturated rings. The topological polar surface area (TPSA) is 39.1 Å². The van der Waals surface area contributed by atoms with Crippen LogP contribution in [0.15, 0.2) is 36.7 Å². The molecule has 4 nitrogen and oxygen atoms in total. The molecule has 0 aliphatic rings. The van der Waals surface area contributed by atoms with Crippen LogP contribution in [0.4, 0.5) is 5.69 Å². The lowest BCUT2D eigenvalue weighted by atomic mass is 10.1. The van der Waals surface area contributed by atoms with Crippen LogP contribution in [0.25, 0.3) is 0 Å². The highest BCUT2D eigenvalue weighted by Crippen LogP contribution is 2.21. The maximum atomic E-state index is 5.16. The SMILES string of the molecule is CCCn1cc(N[C@@H](C)c2ccc(OC)cc2)cn1. The minimum atomic E-state index is 0.241. The first-order chi connectivity index (χ1) is 9.22. The summed E-state index contributed by atoms with van der Waals surface area (Å²) >= 11 is 0. The summed E-state index contributed by atoms with van der Waals surface area (Å²) in [6.07, 6.45) is 5.01. The number of aryl methyl sites for hydroxylation is 1. The predicted molar refractivity (Wildman–Crippen MR) is 77.5 cm³/mol. The van der Waals surface area contributed by atoms with Gasteiger partial charge in [-0.2, -0.15) is 5.10 Å². The smallest absolute Gasteiger partial charge is 0.118 e. The Morgan fingerprint density at radius 1 is 1.32 bits per heavy atom. The Kier molecular flexibility index (Phi) is 4.44. The van der Waals surface area contributed by atoms with Crippen molar-refractivity contribution in [1.29, 1.82) is 0 Å². The molecule has 0 aliphatic carbocycles. The molecule has 0 amide bonds. The van der Waals surface area contributed by atoms with Gasteiger partial charge in [0, 0.05) is 18.8 Å². The molecule has 2 rings (SSSR count). The maximum Gasteiger partial charge on any atom is 0.118 e. The quantitative estimate of drug-likeness (QED) is 0.863. The monoisotopic (exact) mass is 259 g/mol. The molecular weight excluding hydrogens is 238 g/mol. The van der Waals surface area contributed by atoms with Gasteiger partial charge >= 0.3 is 0 Å². The summed E-state index contributed by atoms with van der Waals surface area (Å²) in [6, 6.07) is 8.35. The van der Waals surface area contributed by atoms with E-state index in [1.807, 2.05) is 29.2 Å². The largest absolute Gasteiger partial charge is 0.497 e. The van der Waals surface area contributed by atoms with Gasteiger partial charge in [0.15, 0.2) is 0 Å². The fourth-order valence-electron chi connectivity index (χ4n) is 2.02. The van der Waals surface area contributed by atoms with Crippen molar-refractivity contribution in [2.75, 3.05) is 12.4 Å². The van der Waals surface area contributed by atoms with Crippen LogP contribution in [0, 0.1) is 0 Å². The Hall–Kier alpha value is -1.97. The maximum absolute atomic E-state index is 5.16. The first-order valence-electron chi connectivity index (χ1n) is 6.66. The van der Waals surface area contributed by atoms with E-state index in [-0.39, 0.29) is 6.04 Å². The van der Waals surface area contributed by atoms with Gasteiger partial charge in [0.1, 0.15) is 5.75 Å². The van der Waals surface area contributed by atoms with Gasteiger partial charge in [0.05, 0.1) is 19.0 Å². The highest BCUT2D eigenvalue weighted by molar-refractivity contribution is 5.42. The van der Waals surface area contributed by atoms with E-state index in [4.69, 9.17) is 4.74 Å². The highest BCUT2D eigenvalue weighted by Gasteiger charge is 2.06. The van der Waals surface area contributed by atoms with Crippen LogP contribution >= 0.6 is 0 Å². The fourth-order valence-corrected chi connectivity index (χ4v) is 2.02. The molecule has 4 heteroatoms. The zero-order chi connectivity index (χ0) is 13.7. The molecule has 2 aromatic rings. The molecule has 1 atom stereocenters. The van der Waals surface area contributed by atoms with E-state index in [2.05, 4.69) is 36.4 Å². The third-order valence-electron chi connectivity index (χ3n) is 3.08. The van der Waals surface area contributed by atoms with Crippen molar-refractivity contribution in [3.05, 3.63) is 42.2 Å². The summed E-state index contributed by atoms with van der Waals surface area (Å²) in [4.78, 5) is 0. The Morgan fingerprint density at radius 2 is 2.05 bits per heavy atom.